The number of fused-ring (bicyclic) bond motifs is 2. The fourth-order valence-electron chi connectivity index (χ4n) is 4.47. The molecule has 1 aliphatic carbocycles. The highest BCUT2D eigenvalue weighted by atomic mass is 15.3. The summed E-state index contributed by atoms with van der Waals surface area (Å²) in [4.78, 5) is 17.4. The molecule has 0 radical (unpaired) electrons. The first-order valence-electron chi connectivity index (χ1n) is 11.1. The van der Waals surface area contributed by atoms with Gasteiger partial charge in [0, 0.05) is 29.2 Å². The summed E-state index contributed by atoms with van der Waals surface area (Å²) in [5.74, 6) is 0.826. The van der Waals surface area contributed by atoms with E-state index < -0.39 is 0 Å². The summed E-state index contributed by atoms with van der Waals surface area (Å²) in [7, 11) is 0. The number of benzene rings is 1. The number of H-pyrrole nitrogens is 1. The highest BCUT2D eigenvalue weighted by Gasteiger charge is 2.20. The van der Waals surface area contributed by atoms with E-state index in [0.29, 0.717) is 6.54 Å². The van der Waals surface area contributed by atoms with Gasteiger partial charge in [0.25, 0.3) is 0 Å². The molecule has 8 heteroatoms. The van der Waals surface area contributed by atoms with E-state index in [1.165, 1.54) is 11.1 Å². The van der Waals surface area contributed by atoms with E-state index in [2.05, 4.69) is 38.6 Å². The zero-order valence-corrected chi connectivity index (χ0v) is 18.3. The van der Waals surface area contributed by atoms with Crippen LogP contribution in [0.4, 0.5) is 5.69 Å². The highest BCUT2D eigenvalue weighted by Crippen LogP contribution is 2.32. The molecule has 0 aliphatic heterocycles. The maximum absolute atomic E-state index is 6.25. The van der Waals surface area contributed by atoms with E-state index in [1.807, 2.05) is 43.5 Å². The van der Waals surface area contributed by atoms with Crippen LogP contribution in [0.15, 0.2) is 61.1 Å². The standard InChI is InChI=1S/C25H24N8/c1-15-3-2-4-21(30-15)25-24(17-7-10-23-28-14-29-33(23)13-17)31-22(32-25)12-27-18-8-5-16-6-9-20(26)19(16)11-18/h2-5,7-8,10-11,13-14,20,27H,6,9,12,26H2,1H3,(H,31,32). The predicted molar refractivity (Wildman–Crippen MR) is 128 cm³/mol. The Morgan fingerprint density at radius 2 is 2.09 bits per heavy atom. The third kappa shape index (κ3) is 3.64. The van der Waals surface area contributed by atoms with Crippen molar-refractivity contribution in [2.45, 2.75) is 32.4 Å². The number of imidazole rings is 1. The van der Waals surface area contributed by atoms with Crippen molar-refractivity contribution in [2.24, 2.45) is 5.73 Å². The number of aryl methyl sites for hydroxylation is 2. The van der Waals surface area contributed by atoms with Crippen LogP contribution in [0.2, 0.25) is 0 Å². The minimum Gasteiger partial charge on any atom is -0.378 e. The van der Waals surface area contributed by atoms with Gasteiger partial charge in [0.05, 0.1) is 17.9 Å². The van der Waals surface area contributed by atoms with E-state index in [0.717, 1.165) is 58.3 Å². The van der Waals surface area contributed by atoms with E-state index >= 15 is 0 Å². The molecule has 0 amide bonds. The summed E-state index contributed by atoms with van der Waals surface area (Å²) in [5, 5.41) is 7.77. The number of rotatable bonds is 5. The van der Waals surface area contributed by atoms with Crippen molar-refractivity contribution >= 4 is 11.3 Å². The molecule has 4 heterocycles. The average molecular weight is 437 g/mol. The molecule has 164 valence electrons. The lowest BCUT2D eigenvalue weighted by Crippen LogP contribution is -2.06. The van der Waals surface area contributed by atoms with Crippen molar-refractivity contribution in [1.82, 2.24) is 29.5 Å². The van der Waals surface area contributed by atoms with Crippen LogP contribution in [0.25, 0.3) is 28.3 Å². The van der Waals surface area contributed by atoms with Gasteiger partial charge in [0.1, 0.15) is 17.8 Å². The van der Waals surface area contributed by atoms with E-state index in [-0.39, 0.29) is 6.04 Å². The van der Waals surface area contributed by atoms with E-state index in [1.54, 1.807) is 10.8 Å². The van der Waals surface area contributed by atoms with Crippen LogP contribution in [0.3, 0.4) is 0 Å². The highest BCUT2D eigenvalue weighted by molar-refractivity contribution is 5.77. The van der Waals surface area contributed by atoms with Gasteiger partial charge < -0.3 is 16.0 Å². The number of nitrogens with zero attached hydrogens (tertiary/aromatic N) is 5. The van der Waals surface area contributed by atoms with Crippen molar-refractivity contribution in [3.63, 3.8) is 0 Å². The van der Waals surface area contributed by atoms with Crippen LogP contribution in [0.5, 0.6) is 0 Å². The smallest absolute Gasteiger partial charge is 0.155 e. The fraction of sp³-hybridized carbons (Fsp3) is 0.200. The second kappa shape index (κ2) is 7.83. The molecule has 33 heavy (non-hydrogen) atoms. The maximum Gasteiger partial charge on any atom is 0.155 e. The van der Waals surface area contributed by atoms with E-state index in [4.69, 9.17) is 15.7 Å². The summed E-state index contributed by atoms with van der Waals surface area (Å²) < 4.78 is 1.76. The van der Waals surface area contributed by atoms with Crippen LogP contribution >= 0.6 is 0 Å². The molecular formula is C25H24N8. The Morgan fingerprint density at radius 1 is 1.15 bits per heavy atom. The quantitative estimate of drug-likeness (QED) is 0.383. The minimum absolute atomic E-state index is 0.127. The second-order valence-corrected chi connectivity index (χ2v) is 8.46. The molecule has 0 fully saturated rings. The first kappa shape index (κ1) is 19.6. The number of nitrogens with two attached hydrogens (primary N) is 1. The molecule has 4 N–H and O–H groups in total. The maximum atomic E-state index is 6.25. The first-order valence-corrected chi connectivity index (χ1v) is 11.1. The number of hydrogen-bond acceptors (Lipinski definition) is 6. The number of aromatic nitrogens is 6. The van der Waals surface area contributed by atoms with Gasteiger partial charge in [0.2, 0.25) is 0 Å². The number of nitrogens with one attached hydrogen (secondary N) is 2. The number of pyridine rings is 2. The molecule has 0 spiro atoms. The van der Waals surface area contributed by atoms with Crippen LogP contribution < -0.4 is 11.1 Å². The molecule has 0 saturated heterocycles. The lowest BCUT2D eigenvalue weighted by Gasteiger charge is -2.09. The van der Waals surface area contributed by atoms with Crippen LogP contribution in [0, 0.1) is 6.92 Å². The molecule has 6 rings (SSSR count). The molecule has 1 unspecified atom stereocenters. The molecule has 5 aromatic rings. The lowest BCUT2D eigenvalue weighted by atomic mass is 10.1. The Kier molecular flexibility index (Phi) is 4.66. The van der Waals surface area contributed by atoms with E-state index in [9.17, 15) is 0 Å². The summed E-state index contributed by atoms with van der Waals surface area (Å²) in [5.41, 5.74) is 15.1. The van der Waals surface area contributed by atoms with Crippen molar-refractivity contribution in [3.05, 3.63) is 83.7 Å². The molecule has 1 aromatic carbocycles. The predicted octanol–water partition coefficient (Wildman–Crippen LogP) is 4.05. The van der Waals surface area contributed by atoms with Crippen LogP contribution in [-0.2, 0) is 13.0 Å². The van der Waals surface area contributed by atoms with Crippen molar-refractivity contribution < 1.29 is 0 Å². The summed E-state index contributed by atoms with van der Waals surface area (Å²) in [6.45, 7) is 2.54. The second-order valence-electron chi connectivity index (χ2n) is 8.46. The normalized spacial score (nSPS) is 15.2. The summed E-state index contributed by atoms with van der Waals surface area (Å²) in [6.07, 6.45) is 5.58. The van der Waals surface area contributed by atoms with Gasteiger partial charge in [-0.05, 0) is 67.3 Å². The van der Waals surface area contributed by atoms with Gasteiger partial charge in [-0.2, -0.15) is 5.10 Å². The first-order chi connectivity index (χ1) is 16.1. The van der Waals surface area contributed by atoms with Gasteiger partial charge in [0.15, 0.2) is 5.65 Å². The third-order valence-corrected chi connectivity index (χ3v) is 6.18. The molecule has 1 aliphatic rings. The number of aromatic amines is 1. The largest absolute Gasteiger partial charge is 0.378 e. The third-order valence-electron chi connectivity index (χ3n) is 6.18. The molecular weight excluding hydrogens is 412 g/mol. The molecule has 4 aromatic heterocycles. The van der Waals surface area contributed by atoms with Crippen molar-refractivity contribution in [2.75, 3.05) is 5.32 Å². The zero-order valence-electron chi connectivity index (χ0n) is 18.3. The molecule has 0 bridgehead atoms. The Bertz CT molecular complexity index is 1460. The number of anilines is 1. The minimum atomic E-state index is 0.127. The van der Waals surface area contributed by atoms with Crippen LogP contribution in [0.1, 0.15) is 35.1 Å². The summed E-state index contributed by atoms with van der Waals surface area (Å²) in [6, 6.07) is 16.5. The Morgan fingerprint density at radius 3 is 3.00 bits per heavy atom. The van der Waals surface area contributed by atoms with Crippen LogP contribution in [-0.4, -0.2) is 29.5 Å². The van der Waals surface area contributed by atoms with Crippen molar-refractivity contribution in [1.29, 1.82) is 0 Å². The van der Waals surface area contributed by atoms with Gasteiger partial charge in [-0.3, -0.25) is 4.98 Å². The molecule has 1 atom stereocenters. The van der Waals surface area contributed by atoms with Gasteiger partial charge >= 0.3 is 0 Å². The van der Waals surface area contributed by atoms with Gasteiger partial charge in [-0.25, -0.2) is 14.5 Å². The lowest BCUT2D eigenvalue weighted by molar-refractivity contribution is 0.713. The molecule has 8 nitrogen and oxygen atoms in total. The SMILES string of the molecule is Cc1cccc(-c2nc(CNc3ccc4c(c3)C(N)CC4)[nH]c2-c2ccc3ncnn3c2)n1. The summed E-state index contributed by atoms with van der Waals surface area (Å²) >= 11 is 0. The van der Waals surface area contributed by atoms with Gasteiger partial charge in [-0.15, -0.1) is 0 Å². The Balaban J connectivity index is 1.35. The number of hydrogen-bond donors (Lipinski definition) is 3. The Hall–Kier alpha value is -4.04. The Labute approximate surface area is 190 Å². The van der Waals surface area contributed by atoms with Gasteiger partial charge in [-0.1, -0.05) is 12.1 Å². The zero-order chi connectivity index (χ0) is 22.4. The fourth-order valence-corrected chi connectivity index (χ4v) is 4.47. The van der Waals surface area contributed by atoms with Crippen molar-refractivity contribution in [3.8, 4) is 22.6 Å². The average Bonchev–Trinajstić information content (AvgIpc) is 3.56. The topological polar surface area (TPSA) is 110 Å². The monoisotopic (exact) mass is 436 g/mol. The molecule has 0 saturated carbocycles.